The van der Waals surface area contributed by atoms with Gasteiger partial charge in [0.1, 0.15) is 5.82 Å². The number of amides is 1. The highest BCUT2D eigenvalue weighted by molar-refractivity contribution is 5.98. The SMILES string of the molecule is COCCN1C[C@H](C(=O)c2ccccc2)[C@@H](c2cccc(F)c2C)[C@H](N(C(C)=O)C2CCCCC2)C1. The van der Waals surface area contributed by atoms with E-state index < -0.39 is 5.92 Å². The number of benzene rings is 2. The van der Waals surface area contributed by atoms with Gasteiger partial charge in [-0.05, 0) is 37.0 Å². The zero-order valence-electron chi connectivity index (χ0n) is 21.8. The summed E-state index contributed by atoms with van der Waals surface area (Å²) in [5.41, 5.74) is 2.06. The van der Waals surface area contributed by atoms with Crippen molar-refractivity contribution in [3.8, 4) is 0 Å². The molecule has 6 heteroatoms. The highest BCUT2D eigenvalue weighted by Crippen LogP contribution is 2.41. The first kappa shape index (κ1) is 26.5. The standard InChI is InChI=1S/C30H39FN2O3/c1-21-25(15-10-16-27(21)31)29-26(30(35)23-11-6-4-7-12-23)19-32(17-18-36-3)20-28(29)33(22(2)34)24-13-8-5-9-14-24/h4,6-7,10-12,15-16,24,26,28-29H,5,8-9,13-14,17-20H2,1-3H3/t26-,28+,29+/m0/s1. The van der Waals surface area contributed by atoms with Gasteiger partial charge in [-0.3, -0.25) is 14.5 Å². The molecule has 1 aliphatic heterocycles. The first-order valence-electron chi connectivity index (χ1n) is 13.3. The lowest BCUT2D eigenvalue weighted by molar-refractivity contribution is -0.137. The van der Waals surface area contributed by atoms with Crippen LogP contribution >= 0.6 is 0 Å². The molecule has 1 amide bonds. The Labute approximate surface area is 214 Å². The Balaban J connectivity index is 1.84. The molecule has 3 atom stereocenters. The lowest BCUT2D eigenvalue weighted by atomic mass is 9.71. The summed E-state index contributed by atoms with van der Waals surface area (Å²) in [5.74, 6) is -0.896. The molecule has 1 heterocycles. The molecule has 2 aromatic rings. The van der Waals surface area contributed by atoms with E-state index in [1.807, 2.05) is 36.4 Å². The zero-order valence-corrected chi connectivity index (χ0v) is 21.8. The summed E-state index contributed by atoms with van der Waals surface area (Å²) in [7, 11) is 1.68. The fourth-order valence-corrected chi connectivity index (χ4v) is 6.37. The van der Waals surface area contributed by atoms with Gasteiger partial charge in [0, 0.05) is 57.1 Å². The fourth-order valence-electron chi connectivity index (χ4n) is 6.37. The molecule has 2 fully saturated rings. The van der Waals surface area contributed by atoms with Crippen molar-refractivity contribution in [2.75, 3.05) is 33.4 Å². The van der Waals surface area contributed by atoms with E-state index in [4.69, 9.17) is 4.74 Å². The minimum Gasteiger partial charge on any atom is -0.383 e. The minimum atomic E-state index is -0.408. The van der Waals surface area contributed by atoms with Crippen LogP contribution in [0.3, 0.4) is 0 Å². The third kappa shape index (κ3) is 5.70. The smallest absolute Gasteiger partial charge is 0.220 e. The molecule has 1 saturated heterocycles. The summed E-state index contributed by atoms with van der Waals surface area (Å²) < 4.78 is 20.3. The van der Waals surface area contributed by atoms with Crippen LogP contribution in [0.1, 0.15) is 66.4 Å². The van der Waals surface area contributed by atoms with E-state index >= 15 is 0 Å². The Kier molecular flexibility index (Phi) is 8.91. The van der Waals surface area contributed by atoms with Gasteiger partial charge in [-0.25, -0.2) is 4.39 Å². The summed E-state index contributed by atoms with van der Waals surface area (Å²) in [4.78, 5) is 31.6. The molecule has 1 aliphatic carbocycles. The number of rotatable bonds is 8. The van der Waals surface area contributed by atoms with E-state index in [9.17, 15) is 14.0 Å². The lowest BCUT2D eigenvalue weighted by Crippen LogP contribution is -2.60. The summed E-state index contributed by atoms with van der Waals surface area (Å²) in [5, 5.41) is 0. The maximum Gasteiger partial charge on any atom is 0.220 e. The molecule has 0 aromatic heterocycles. The number of hydrogen-bond acceptors (Lipinski definition) is 4. The monoisotopic (exact) mass is 494 g/mol. The van der Waals surface area contributed by atoms with Gasteiger partial charge in [0.15, 0.2) is 5.78 Å². The summed E-state index contributed by atoms with van der Waals surface area (Å²) in [6, 6.07) is 14.4. The number of ether oxygens (including phenoxy) is 1. The highest BCUT2D eigenvalue weighted by atomic mass is 19.1. The van der Waals surface area contributed by atoms with Crippen LogP contribution in [-0.2, 0) is 9.53 Å². The Morgan fingerprint density at radius 3 is 2.42 bits per heavy atom. The molecule has 0 bridgehead atoms. The van der Waals surface area contributed by atoms with Gasteiger partial charge in [0.05, 0.1) is 12.6 Å². The van der Waals surface area contributed by atoms with Gasteiger partial charge in [0.2, 0.25) is 5.91 Å². The zero-order chi connectivity index (χ0) is 25.7. The third-order valence-corrected chi connectivity index (χ3v) is 8.11. The minimum absolute atomic E-state index is 0.0328. The molecule has 4 rings (SSSR count). The summed E-state index contributed by atoms with van der Waals surface area (Å²) >= 11 is 0. The van der Waals surface area contributed by atoms with Crippen molar-refractivity contribution >= 4 is 11.7 Å². The Bertz CT molecular complexity index is 1040. The summed E-state index contributed by atoms with van der Waals surface area (Å²) in [6.07, 6.45) is 5.34. The number of carbonyl (C=O) groups excluding carboxylic acids is 2. The summed E-state index contributed by atoms with van der Waals surface area (Å²) in [6.45, 7) is 5.85. The molecule has 1 saturated carbocycles. The van der Waals surface area contributed by atoms with E-state index in [0.29, 0.717) is 37.4 Å². The predicted octanol–water partition coefficient (Wildman–Crippen LogP) is 5.23. The van der Waals surface area contributed by atoms with Gasteiger partial charge in [-0.2, -0.15) is 0 Å². The van der Waals surface area contributed by atoms with Gasteiger partial charge >= 0.3 is 0 Å². The molecule has 36 heavy (non-hydrogen) atoms. The third-order valence-electron chi connectivity index (χ3n) is 8.11. The van der Waals surface area contributed by atoms with Crippen LogP contribution in [0.5, 0.6) is 0 Å². The molecule has 2 aliphatic rings. The van der Waals surface area contributed by atoms with Crippen molar-refractivity contribution in [3.63, 3.8) is 0 Å². The Hall–Kier alpha value is -2.57. The van der Waals surface area contributed by atoms with Crippen LogP contribution in [0.2, 0.25) is 0 Å². The number of halogens is 1. The lowest BCUT2D eigenvalue weighted by Gasteiger charge is -2.50. The van der Waals surface area contributed by atoms with Crippen molar-refractivity contribution in [2.45, 2.75) is 64.0 Å². The van der Waals surface area contributed by atoms with Crippen LogP contribution in [0, 0.1) is 18.7 Å². The van der Waals surface area contributed by atoms with E-state index in [1.165, 1.54) is 12.5 Å². The second-order valence-corrected chi connectivity index (χ2v) is 10.4. The Morgan fingerprint density at radius 1 is 1.03 bits per heavy atom. The van der Waals surface area contributed by atoms with E-state index in [1.54, 1.807) is 27.0 Å². The van der Waals surface area contributed by atoms with E-state index in [-0.39, 0.29) is 35.5 Å². The van der Waals surface area contributed by atoms with Crippen LogP contribution in [-0.4, -0.2) is 66.9 Å². The van der Waals surface area contributed by atoms with Gasteiger partial charge < -0.3 is 9.64 Å². The number of piperidine rings is 1. The number of hydrogen-bond donors (Lipinski definition) is 0. The molecule has 0 spiro atoms. The number of carbonyl (C=O) groups is 2. The first-order chi connectivity index (χ1) is 17.4. The fraction of sp³-hybridized carbons (Fsp3) is 0.533. The van der Waals surface area contributed by atoms with Crippen LogP contribution < -0.4 is 0 Å². The quantitative estimate of drug-likeness (QED) is 0.472. The molecule has 0 radical (unpaired) electrons. The molecule has 2 aromatic carbocycles. The molecule has 5 nitrogen and oxygen atoms in total. The van der Waals surface area contributed by atoms with Crippen LogP contribution in [0.15, 0.2) is 48.5 Å². The van der Waals surface area contributed by atoms with Gasteiger partial charge in [-0.15, -0.1) is 0 Å². The maximum absolute atomic E-state index is 14.9. The van der Waals surface area contributed by atoms with E-state index in [2.05, 4.69) is 9.80 Å². The molecule has 194 valence electrons. The van der Waals surface area contributed by atoms with Crippen LogP contribution in [0.4, 0.5) is 4.39 Å². The first-order valence-corrected chi connectivity index (χ1v) is 13.3. The van der Waals surface area contributed by atoms with Gasteiger partial charge in [-0.1, -0.05) is 61.7 Å². The number of Topliss-reactive ketones (excluding diaryl/α,β-unsaturated/α-hetero) is 1. The van der Waals surface area contributed by atoms with Gasteiger partial charge in [0.25, 0.3) is 0 Å². The highest BCUT2D eigenvalue weighted by Gasteiger charge is 2.46. The maximum atomic E-state index is 14.9. The number of ketones is 1. The topological polar surface area (TPSA) is 49.9 Å². The largest absolute Gasteiger partial charge is 0.383 e. The molecular formula is C30H39FN2O3. The number of likely N-dealkylation sites (tertiary alicyclic amines) is 1. The Morgan fingerprint density at radius 2 is 1.75 bits per heavy atom. The van der Waals surface area contributed by atoms with Crippen molar-refractivity contribution in [2.24, 2.45) is 5.92 Å². The number of methoxy groups -OCH3 is 1. The number of nitrogens with zero attached hydrogens (tertiary/aromatic N) is 2. The van der Waals surface area contributed by atoms with Crippen molar-refractivity contribution in [1.29, 1.82) is 0 Å². The second-order valence-electron chi connectivity index (χ2n) is 10.4. The predicted molar refractivity (Wildman–Crippen MR) is 140 cm³/mol. The molecule has 0 N–H and O–H groups in total. The van der Waals surface area contributed by atoms with Crippen molar-refractivity contribution in [1.82, 2.24) is 9.80 Å². The average molecular weight is 495 g/mol. The second kappa shape index (κ2) is 12.1. The van der Waals surface area contributed by atoms with Crippen molar-refractivity contribution in [3.05, 3.63) is 71.0 Å². The van der Waals surface area contributed by atoms with E-state index in [0.717, 1.165) is 31.2 Å². The normalized spacial score (nSPS) is 23.4. The average Bonchev–Trinajstić information content (AvgIpc) is 2.89. The van der Waals surface area contributed by atoms with Crippen LogP contribution in [0.25, 0.3) is 0 Å². The molecule has 0 unspecified atom stereocenters. The molecular weight excluding hydrogens is 455 g/mol. The van der Waals surface area contributed by atoms with Crippen molar-refractivity contribution < 1.29 is 18.7 Å².